The van der Waals surface area contributed by atoms with Crippen LogP contribution in [-0.4, -0.2) is 24.7 Å². The maximum atomic E-state index is 11.3. The molecule has 0 saturated heterocycles. The summed E-state index contributed by atoms with van der Waals surface area (Å²) in [6.45, 7) is 1.07. The van der Waals surface area contributed by atoms with Crippen LogP contribution in [0.15, 0.2) is 33.6 Å². The molecule has 0 fully saturated rings. The van der Waals surface area contributed by atoms with Gasteiger partial charge in [-0.05, 0) is 36.4 Å². The van der Waals surface area contributed by atoms with Crippen LogP contribution >= 0.6 is 27.7 Å². The monoisotopic (exact) mass is 316 g/mol. The molecule has 0 aliphatic carbocycles. The molecule has 5 heteroatoms. The second-order valence-corrected chi connectivity index (χ2v) is 5.63. The summed E-state index contributed by atoms with van der Waals surface area (Å²) in [6, 6.07) is 8.19. The van der Waals surface area contributed by atoms with E-state index in [0.29, 0.717) is 19.5 Å². The molecule has 0 atom stereocenters. The highest BCUT2D eigenvalue weighted by molar-refractivity contribution is 9.10. The van der Waals surface area contributed by atoms with Gasteiger partial charge < -0.3 is 11.1 Å². The van der Waals surface area contributed by atoms with E-state index in [4.69, 9.17) is 5.73 Å². The zero-order valence-electron chi connectivity index (χ0n) is 9.62. The Labute approximate surface area is 115 Å². The molecule has 1 amide bonds. The summed E-state index contributed by atoms with van der Waals surface area (Å²) in [7, 11) is 0. The lowest BCUT2D eigenvalue weighted by Crippen LogP contribution is -2.28. The summed E-state index contributed by atoms with van der Waals surface area (Å²) in [6.07, 6.45) is 1.46. The van der Waals surface area contributed by atoms with Crippen molar-refractivity contribution in [2.45, 2.75) is 17.7 Å². The van der Waals surface area contributed by atoms with Gasteiger partial charge in [0.25, 0.3) is 0 Å². The Morgan fingerprint density at radius 3 is 2.71 bits per heavy atom. The summed E-state index contributed by atoms with van der Waals surface area (Å²) >= 11 is 5.17. The van der Waals surface area contributed by atoms with Crippen LogP contribution < -0.4 is 11.1 Å². The number of nitrogens with one attached hydrogen (secondary N) is 1. The van der Waals surface area contributed by atoms with E-state index in [1.54, 1.807) is 11.8 Å². The summed E-state index contributed by atoms with van der Waals surface area (Å²) in [5, 5.41) is 2.76. The van der Waals surface area contributed by atoms with Crippen molar-refractivity contribution in [1.29, 1.82) is 0 Å². The predicted molar refractivity (Wildman–Crippen MR) is 76.2 cm³/mol. The molecule has 3 nitrogen and oxygen atoms in total. The van der Waals surface area contributed by atoms with Gasteiger partial charge >= 0.3 is 0 Å². The van der Waals surface area contributed by atoms with Crippen molar-refractivity contribution in [2.75, 3.05) is 18.8 Å². The van der Waals surface area contributed by atoms with Crippen LogP contribution in [0.5, 0.6) is 0 Å². The fourth-order valence-corrected chi connectivity index (χ4v) is 2.37. The molecule has 1 rings (SSSR count). The smallest absolute Gasteiger partial charge is 0.220 e. The average Bonchev–Trinajstić information content (AvgIpc) is 2.34. The molecule has 0 bridgehead atoms. The molecule has 1 aromatic carbocycles. The Bertz CT molecular complexity index is 343. The number of carbonyl (C=O) groups is 1. The van der Waals surface area contributed by atoms with Crippen LogP contribution in [0.4, 0.5) is 0 Å². The standard InChI is InChI=1S/C12H17BrN2OS/c13-10-3-5-11(6-4-10)17-9-1-2-12(16)15-8-7-14/h3-6H,1-2,7-9,14H2,(H,15,16). The highest BCUT2D eigenvalue weighted by Crippen LogP contribution is 2.21. The van der Waals surface area contributed by atoms with Gasteiger partial charge in [-0.1, -0.05) is 15.9 Å². The third kappa shape index (κ3) is 6.71. The molecule has 17 heavy (non-hydrogen) atoms. The molecule has 0 heterocycles. The fraction of sp³-hybridized carbons (Fsp3) is 0.417. The lowest BCUT2D eigenvalue weighted by Gasteiger charge is -2.03. The van der Waals surface area contributed by atoms with Crippen molar-refractivity contribution in [3.05, 3.63) is 28.7 Å². The van der Waals surface area contributed by atoms with E-state index in [1.807, 2.05) is 12.1 Å². The maximum absolute atomic E-state index is 11.3. The first-order chi connectivity index (χ1) is 8.22. The van der Waals surface area contributed by atoms with E-state index in [1.165, 1.54) is 4.90 Å². The van der Waals surface area contributed by atoms with Gasteiger partial charge in [-0.3, -0.25) is 4.79 Å². The molecule has 0 radical (unpaired) electrons. The normalized spacial score (nSPS) is 10.2. The number of carbonyl (C=O) groups excluding carboxylic acids is 1. The largest absolute Gasteiger partial charge is 0.355 e. The molecule has 0 unspecified atom stereocenters. The summed E-state index contributed by atoms with van der Waals surface area (Å²) in [5.74, 6) is 1.05. The number of hydrogen-bond acceptors (Lipinski definition) is 3. The first-order valence-electron chi connectivity index (χ1n) is 5.57. The van der Waals surface area contributed by atoms with Crippen LogP contribution in [0.1, 0.15) is 12.8 Å². The van der Waals surface area contributed by atoms with Crippen molar-refractivity contribution >= 4 is 33.6 Å². The molecule has 0 saturated carbocycles. The number of amides is 1. The van der Waals surface area contributed by atoms with E-state index >= 15 is 0 Å². The van der Waals surface area contributed by atoms with E-state index in [9.17, 15) is 4.79 Å². The fourth-order valence-electron chi connectivity index (χ4n) is 1.25. The molecule has 0 aliphatic heterocycles. The molecular formula is C12H17BrN2OS. The number of thioether (sulfide) groups is 1. The lowest BCUT2D eigenvalue weighted by atomic mass is 10.3. The van der Waals surface area contributed by atoms with Crippen LogP contribution in [-0.2, 0) is 4.79 Å². The molecule has 0 spiro atoms. The first-order valence-corrected chi connectivity index (χ1v) is 7.35. The van der Waals surface area contributed by atoms with E-state index in [2.05, 4.69) is 33.4 Å². The average molecular weight is 317 g/mol. The number of nitrogens with two attached hydrogens (primary N) is 1. The topological polar surface area (TPSA) is 55.1 Å². The van der Waals surface area contributed by atoms with Gasteiger partial charge in [0.2, 0.25) is 5.91 Å². The summed E-state index contributed by atoms with van der Waals surface area (Å²) < 4.78 is 1.09. The molecule has 94 valence electrons. The third-order valence-corrected chi connectivity index (χ3v) is 3.72. The molecule has 0 aromatic heterocycles. The summed E-state index contributed by atoms with van der Waals surface area (Å²) in [5.41, 5.74) is 5.30. The third-order valence-electron chi connectivity index (χ3n) is 2.10. The van der Waals surface area contributed by atoms with Gasteiger partial charge in [-0.25, -0.2) is 0 Å². The van der Waals surface area contributed by atoms with Gasteiger partial charge in [0.15, 0.2) is 0 Å². The zero-order chi connectivity index (χ0) is 12.5. The van der Waals surface area contributed by atoms with Gasteiger partial charge in [-0.2, -0.15) is 0 Å². The van der Waals surface area contributed by atoms with Gasteiger partial charge in [0.1, 0.15) is 0 Å². The predicted octanol–water partition coefficient (Wildman–Crippen LogP) is 2.40. The van der Waals surface area contributed by atoms with Gasteiger partial charge in [-0.15, -0.1) is 11.8 Å². The Morgan fingerprint density at radius 1 is 1.35 bits per heavy atom. The molecule has 1 aromatic rings. The SMILES string of the molecule is NCCNC(=O)CCCSc1ccc(Br)cc1. The number of rotatable bonds is 7. The highest BCUT2D eigenvalue weighted by atomic mass is 79.9. The van der Waals surface area contributed by atoms with E-state index in [-0.39, 0.29) is 5.91 Å². The zero-order valence-corrected chi connectivity index (χ0v) is 12.0. The highest BCUT2D eigenvalue weighted by Gasteiger charge is 2.00. The minimum atomic E-state index is 0.0897. The second-order valence-electron chi connectivity index (χ2n) is 3.54. The first kappa shape index (κ1) is 14.5. The van der Waals surface area contributed by atoms with Gasteiger partial charge in [0, 0.05) is 28.9 Å². The quantitative estimate of drug-likeness (QED) is 0.600. The van der Waals surface area contributed by atoms with Crippen molar-refractivity contribution < 1.29 is 4.79 Å². The minimum absolute atomic E-state index is 0.0897. The van der Waals surface area contributed by atoms with Crippen molar-refractivity contribution in [3.63, 3.8) is 0 Å². The van der Waals surface area contributed by atoms with Crippen molar-refractivity contribution in [3.8, 4) is 0 Å². The Morgan fingerprint density at radius 2 is 2.06 bits per heavy atom. The second kappa shape index (κ2) is 8.55. The van der Waals surface area contributed by atoms with E-state index in [0.717, 1.165) is 16.6 Å². The molecular weight excluding hydrogens is 300 g/mol. The van der Waals surface area contributed by atoms with E-state index < -0.39 is 0 Å². The van der Waals surface area contributed by atoms with Crippen LogP contribution in [0.2, 0.25) is 0 Å². The lowest BCUT2D eigenvalue weighted by molar-refractivity contribution is -0.121. The van der Waals surface area contributed by atoms with Crippen molar-refractivity contribution in [2.24, 2.45) is 5.73 Å². The Hall–Kier alpha value is -0.520. The van der Waals surface area contributed by atoms with Gasteiger partial charge in [0.05, 0.1) is 0 Å². The number of benzene rings is 1. The van der Waals surface area contributed by atoms with Crippen LogP contribution in [0.3, 0.4) is 0 Å². The Kier molecular flexibility index (Phi) is 7.32. The van der Waals surface area contributed by atoms with Crippen molar-refractivity contribution in [1.82, 2.24) is 5.32 Å². The minimum Gasteiger partial charge on any atom is -0.355 e. The number of halogens is 1. The van der Waals surface area contributed by atoms with Crippen LogP contribution in [0.25, 0.3) is 0 Å². The maximum Gasteiger partial charge on any atom is 0.220 e. The molecule has 3 N–H and O–H groups in total. The Balaban J connectivity index is 2.11. The number of hydrogen-bond donors (Lipinski definition) is 2. The summed E-state index contributed by atoms with van der Waals surface area (Å²) in [4.78, 5) is 12.5. The van der Waals surface area contributed by atoms with Crippen LogP contribution in [0, 0.1) is 0 Å². The molecule has 0 aliphatic rings.